The number of nitrogens with one attached hydrogen (secondary N) is 2. The third-order valence-corrected chi connectivity index (χ3v) is 11.4. The lowest BCUT2D eigenvalue weighted by molar-refractivity contribution is -0.152. The van der Waals surface area contributed by atoms with Gasteiger partial charge in [-0.3, -0.25) is 14.4 Å². The van der Waals surface area contributed by atoms with Crippen LogP contribution in [-0.2, 0) is 34.3 Å². The van der Waals surface area contributed by atoms with E-state index < -0.39 is 54.4 Å². The molecule has 1 aromatic heterocycles. The lowest BCUT2D eigenvalue weighted by Gasteiger charge is -2.32. The zero-order valence-electron chi connectivity index (χ0n) is 27.9. The Labute approximate surface area is 287 Å². The zero-order chi connectivity index (χ0) is 34.9. The fraction of sp³-hybridized carbons (Fsp3) is 0.457. The molecule has 3 aromatic rings. The van der Waals surface area contributed by atoms with Crippen molar-refractivity contribution >= 4 is 41.6 Å². The van der Waals surface area contributed by atoms with E-state index in [0.717, 1.165) is 10.3 Å². The summed E-state index contributed by atoms with van der Waals surface area (Å²) in [7, 11) is -0.527. The van der Waals surface area contributed by atoms with Gasteiger partial charge in [0.05, 0.1) is 43.5 Å². The monoisotopic (exact) mass is 693 g/mol. The molecule has 1 spiro atoms. The molecule has 0 unspecified atom stereocenters. The van der Waals surface area contributed by atoms with Gasteiger partial charge in [0.2, 0.25) is 11.8 Å². The molecule has 4 aliphatic rings. The van der Waals surface area contributed by atoms with Crippen molar-refractivity contribution < 1.29 is 41.9 Å². The second-order valence-electron chi connectivity index (χ2n) is 14.0. The minimum Gasteiger partial charge on any atom is -0.399 e. The lowest BCUT2D eigenvalue weighted by atomic mass is 9.81. The molecule has 2 atom stereocenters. The fourth-order valence-corrected chi connectivity index (χ4v) is 7.72. The minimum absolute atomic E-state index is 0.0178. The van der Waals surface area contributed by atoms with E-state index in [1.54, 1.807) is 18.2 Å². The molecule has 49 heavy (non-hydrogen) atoms. The van der Waals surface area contributed by atoms with Crippen LogP contribution in [-0.4, -0.2) is 79.1 Å². The number of carbonyl (C=O) groups excluding carboxylic acids is 3. The number of likely N-dealkylation sites (tertiary alicyclic amines) is 1. The summed E-state index contributed by atoms with van der Waals surface area (Å²) >= 11 is 1.47. The van der Waals surface area contributed by atoms with Crippen LogP contribution in [0.4, 0.5) is 8.78 Å². The first kappa shape index (κ1) is 33.8. The topological polar surface area (TPSA) is 115 Å². The summed E-state index contributed by atoms with van der Waals surface area (Å²) in [5.41, 5.74) is 0.389. The van der Waals surface area contributed by atoms with Crippen LogP contribution < -0.4 is 16.1 Å². The van der Waals surface area contributed by atoms with E-state index in [-0.39, 0.29) is 47.2 Å². The number of halogens is 2. The Morgan fingerprint density at radius 3 is 2.37 bits per heavy atom. The van der Waals surface area contributed by atoms with Gasteiger partial charge in [-0.1, -0.05) is 30.3 Å². The standard InChI is InChI=1S/C35H38BF2N3O7S/c1-20(28-15-22(18-49-28)36-47-32(2,3)33(4,5)48-36)40-31(44)27-16-34(45-12-13-46-34)19-41(27)29(42)17-39-30(43)21-10-11-26-24(14-21)23-8-6-7-9-25(23)35(26,37)38/h6-11,14-15,18,20,27H,12-13,16-17,19H2,1-5H3,(H,39,43)(H,40,44)/t20-,27+/m1/s1. The molecule has 0 radical (unpaired) electrons. The SMILES string of the molecule is C[C@@H](NC(=O)[C@@H]1CC2(CN1C(=O)CNC(=O)c1ccc3c(c1)-c1ccccc1C3(F)F)OCCO2)c1cc(B2OC(C)(C)C(C)(C)O2)cs1. The number of rotatable bonds is 7. The Morgan fingerprint density at radius 2 is 1.65 bits per heavy atom. The second-order valence-corrected chi connectivity index (χ2v) is 15.0. The number of hydrogen-bond acceptors (Lipinski definition) is 8. The molecule has 0 saturated carbocycles. The Hall–Kier alpha value is -3.69. The summed E-state index contributed by atoms with van der Waals surface area (Å²) in [6.07, 6.45) is 0.132. The molecule has 3 aliphatic heterocycles. The molecular formula is C35H38BF2N3O7S. The minimum atomic E-state index is -3.17. The second kappa shape index (κ2) is 12.0. The average Bonchev–Trinajstić information content (AvgIpc) is 3.88. The van der Waals surface area contributed by atoms with E-state index in [4.69, 9.17) is 18.8 Å². The molecule has 2 aromatic carbocycles. The van der Waals surface area contributed by atoms with Crippen LogP contribution in [0.2, 0.25) is 0 Å². The van der Waals surface area contributed by atoms with E-state index in [9.17, 15) is 23.2 Å². The maximum absolute atomic E-state index is 15.0. The zero-order valence-corrected chi connectivity index (χ0v) is 28.7. The number of amides is 3. The number of ether oxygens (including phenoxy) is 2. The predicted molar refractivity (Wildman–Crippen MR) is 179 cm³/mol. The number of fused-ring (bicyclic) bond motifs is 3. The molecule has 7 rings (SSSR count). The maximum atomic E-state index is 15.0. The summed E-state index contributed by atoms with van der Waals surface area (Å²) in [6.45, 7) is 10.1. The van der Waals surface area contributed by atoms with Crippen molar-refractivity contribution in [3.8, 4) is 11.1 Å². The van der Waals surface area contributed by atoms with E-state index in [2.05, 4.69) is 10.6 Å². The number of hydrogen-bond donors (Lipinski definition) is 2. The first-order valence-electron chi connectivity index (χ1n) is 16.3. The van der Waals surface area contributed by atoms with Crippen LogP contribution in [0.5, 0.6) is 0 Å². The summed E-state index contributed by atoms with van der Waals surface area (Å²) in [4.78, 5) is 42.7. The van der Waals surface area contributed by atoms with E-state index in [1.807, 2.05) is 46.1 Å². The van der Waals surface area contributed by atoms with Crippen molar-refractivity contribution in [3.63, 3.8) is 0 Å². The van der Waals surface area contributed by atoms with Gasteiger partial charge >= 0.3 is 7.12 Å². The molecule has 0 bridgehead atoms. The summed E-state index contributed by atoms with van der Waals surface area (Å²) in [5.74, 6) is -5.77. The number of carbonyl (C=O) groups is 3. The van der Waals surface area contributed by atoms with Crippen LogP contribution in [0.15, 0.2) is 53.9 Å². The third kappa shape index (κ3) is 5.86. The maximum Gasteiger partial charge on any atom is 0.495 e. The van der Waals surface area contributed by atoms with Gasteiger partial charge < -0.3 is 34.3 Å². The number of alkyl halides is 2. The van der Waals surface area contributed by atoms with Crippen LogP contribution in [0, 0.1) is 0 Å². The normalized spacial score (nSPS) is 23.0. The highest BCUT2D eigenvalue weighted by Crippen LogP contribution is 2.51. The highest BCUT2D eigenvalue weighted by atomic mass is 32.1. The van der Waals surface area contributed by atoms with Gasteiger partial charge in [0, 0.05) is 28.0 Å². The summed E-state index contributed by atoms with van der Waals surface area (Å²) in [5, 5.41) is 7.59. The molecule has 10 nitrogen and oxygen atoms in total. The predicted octanol–water partition coefficient (Wildman–Crippen LogP) is 4.12. The first-order valence-corrected chi connectivity index (χ1v) is 17.2. The lowest BCUT2D eigenvalue weighted by Crippen LogP contribution is -2.49. The molecule has 2 N–H and O–H groups in total. The molecule has 4 heterocycles. The Morgan fingerprint density at radius 1 is 0.980 bits per heavy atom. The average molecular weight is 694 g/mol. The van der Waals surface area contributed by atoms with Crippen molar-refractivity contribution in [2.45, 2.75) is 76.0 Å². The van der Waals surface area contributed by atoms with Crippen molar-refractivity contribution in [2.24, 2.45) is 0 Å². The van der Waals surface area contributed by atoms with Gasteiger partial charge in [-0.25, -0.2) is 0 Å². The van der Waals surface area contributed by atoms with Gasteiger partial charge in [-0.15, -0.1) is 11.3 Å². The van der Waals surface area contributed by atoms with Gasteiger partial charge in [-0.2, -0.15) is 8.78 Å². The smallest absolute Gasteiger partial charge is 0.399 e. The van der Waals surface area contributed by atoms with Crippen LogP contribution in [0.25, 0.3) is 11.1 Å². The molecule has 3 amide bonds. The van der Waals surface area contributed by atoms with E-state index >= 15 is 0 Å². The first-order chi connectivity index (χ1) is 23.1. The van der Waals surface area contributed by atoms with Gasteiger partial charge in [0.15, 0.2) is 5.79 Å². The fourth-order valence-electron chi connectivity index (χ4n) is 6.80. The Kier molecular flexibility index (Phi) is 8.26. The molecule has 258 valence electrons. The number of nitrogens with zero attached hydrogens (tertiary/aromatic N) is 1. The van der Waals surface area contributed by atoms with Gasteiger partial charge in [0.1, 0.15) is 6.04 Å². The summed E-state index contributed by atoms with van der Waals surface area (Å²) < 4.78 is 54.1. The molecule has 14 heteroatoms. The van der Waals surface area contributed by atoms with Gasteiger partial charge in [-0.05, 0) is 74.8 Å². The highest BCUT2D eigenvalue weighted by molar-refractivity contribution is 7.11. The molecule has 3 fully saturated rings. The largest absolute Gasteiger partial charge is 0.495 e. The van der Waals surface area contributed by atoms with E-state index in [0.29, 0.717) is 18.8 Å². The Balaban J connectivity index is 1.02. The number of thiophene rings is 1. The Bertz CT molecular complexity index is 1810. The van der Waals surface area contributed by atoms with E-state index in [1.165, 1.54) is 40.5 Å². The molecule has 3 saturated heterocycles. The van der Waals surface area contributed by atoms with Crippen LogP contribution >= 0.6 is 11.3 Å². The molecule has 1 aliphatic carbocycles. The van der Waals surface area contributed by atoms with Crippen molar-refractivity contribution in [2.75, 3.05) is 26.3 Å². The van der Waals surface area contributed by atoms with Crippen molar-refractivity contribution in [3.05, 3.63) is 75.5 Å². The van der Waals surface area contributed by atoms with Crippen LogP contribution in [0.1, 0.15) is 73.4 Å². The summed E-state index contributed by atoms with van der Waals surface area (Å²) in [6, 6.07) is 10.8. The molecular weight excluding hydrogens is 655 g/mol. The highest BCUT2D eigenvalue weighted by Gasteiger charge is 2.54. The van der Waals surface area contributed by atoms with Gasteiger partial charge in [0.25, 0.3) is 11.8 Å². The van der Waals surface area contributed by atoms with Crippen LogP contribution in [0.3, 0.4) is 0 Å². The number of benzene rings is 2. The quantitative estimate of drug-likeness (QED) is 0.358. The third-order valence-electron chi connectivity index (χ3n) is 10.3. The van der Waals surface area contributed by atoms with Crippen molar-refractivity contribution in [1.82, 2.24) is 15.5 Å². The van der Waals surface area contributed by atoms with Crippen molar-refractivity contribution in [1.29, 1.82) is 0 Å².